The van der Waals surface area contributed by atoms with E-state index in [4.69, 9.17) is 4.74 Å². The van der Waals surface area contributed by atoms with Crippen molar-refractivity contribution in [2.45, 2.75) is 309 Å². The van der Waals surface area contributed by atoms with Crippen LogP contribution in [0.25, 0.3) is 0 Å². The number of aliphatic hydroxyl groups excluding tert-OH is 2. The lowest BCUT2D eigenvalue weighted by Crippen LogP contribution is -2.45. The third-order valence-corrected chi connectivity index (χ3v) is 12.8. The molecular weight excluding hydrogens is 767 g/mol. The van der Waals surface area contributed by atoms with Crippen LogP contribution in [0.15, 0.2) is 24.3 Å². The lowest BCUT2D eigenvalue weighted by molar-refractivity contribution is -0.143. The van der Waals surface area contributed by atoms with Gasteiger partial charge in [0.25, 0.3) is 0 Å². The Morgan fingerprint density at radius 2 is 0.806 bits per heavy atom. The van der Waals surface area contributed by atoms with Gasteiger partial charge in [-0.15, -0.1) is 0 Å². The van der Waals surface area contributed by atoms with Gasteiger partial charge in [-0.05, 0) is 57.8 Å². The minimum absolute atomic E-state index is 0.0171. The maximum atomic E-state index is 12.5. The third kappa shape index (κ3) is 47.8. The Morgan fingerprint density at radius 1 is 0.452 bits per heavy atom. The Kier molecular flexibility index (Phi) is 50.6. The minimum atomic E-state index is -0.676. The molecule has 0 aromatic heterocycles. The largest absolute Gasteiger partial charge is 0.466 e. The molecule has 0 spiro atoms. The van der Waals surface area contributed by atoms with Crippen LogP contribution >= 0.6 is 0 Å². The number of nitrogens with one attached hydrogen (secondary N) is 1. The second-order valence-electron chi connectivity index (χ2n) is 18.9. The van der Waals surface area contributed by atoms with Crippen molar-refractivity contribution in [3.8, 4) is 0 Å². The normalized spacial score (nSPS) is 12.8. The van der Waals surface area contributed by atoms with Crippen molar-refractivity contribution < 1.29 is 24.5 Å². The molecule has 0 bridgehead atoms. The number of carbonyl (C=O) groups excluding carboxylic acids is 2. The molecule has 1 amide bonds. The predicted octanol–water partition coefficient (Wildman–Crippen LogP) is 16.7. The van der Waals surface area contributed by atoms with Crippen molar-refractivity contribution in [3.63, 3.8) is 0 Å². The molecule has 0 aliphatic carbocycles. The minimum Gasteiger partial charge on any atom is -0.466 e. The topological polar surface area (TPSA) is 95.9 Å². The van der Waals surface area contributed by atoms with Gasteiger partial charge in [-0.2, -0.15) is 0 Å². The molecular formula is C56H107NO5. The summed E-state index contributed by atoms with van der Waals surface area (Å²) in [7, 11) is 0. The van der Waals surface area contributed by atoms with E-state index in [1.54, 1.807) is 0 Å². The van der Waals surface area contributed by atoms with E-state index in [0.717, 1.165) is 64.2 Å². The first-order chi connectivity index (χ1) is 30.5. The van der Waals surface area contributed by atoms with Crippen LogP contribution in [0.3, 0.4) is 0 Å². The SMILES string of the molecule is CCCCC/C=C\C/C=C\CCCCCCCCCCCC(=O)OCCCCCCCCCCCCCC(=O)NC(CO)C(O)CCCCCCCCCCCCCCCCC. The van der Waals surface area contributed by atoms with E-state index in [2.05, 4.69) is 43.5 Å². The fourth-order valence-corrected chi connectivity index (χ4v) is 8.49. The van der Waals surface area contributed by atoms with Crippen LogP contribution < -0.4 is 5.32 Å². The number of carbonyl (C=O) groups is 2. The zero-order chi connectivity index (χ0) is 45.1. The molecule has 2 unspecified atom stereocenters. The second kappa shape index (κ2) is 52.0. The number of unbranched alkanes of at least 4 members (excludes halogenated alkanes) is 36. The summed E-state index contributed by atoms with van der Waals surface area (Å²) < 4.78 is 5.47. The third-order valence-electron chi connectivity index (χ3n) is 12.8. The molecule has 0 aliphatic rings. The summed E-state index contributed by atoms with van der Waals surface area (Å²) in [5.41, 5.74) is 0. The van der Waals surface area contributed by atoms with Crippen molar-refractivity contribution in [2.24, 2.45) is 0 Å². The van der Waals surface area contributed by atoms with Gasteiger partial charge in [0.15, 0.2) is 0 Å². The zero-order valence-corrected chi connectivity index (χ0v) is 41.6. The highest BCUT2D eigenvalue weighted by molar-refractivity contribution is 5.76. The number of hydrogen-bond acceptors (Lipinski definition) is 5. The van der Waals surface area contributed by atoms with E-state index in [1.165, 1.54) is 199 Å². The lowest BCUT2D eigenvalue weighted by Gasteiger charge is -2.22. The smallest absolute Gasteiger partial charge is 0.305 e. The Hall–Kier alpha value is -1.66. The number of aliphatic hydroxyl groups is 2. The van der Waals surface area contributed by atoms with Crippen molar-refractivity contribution in [2.75, 3.05) is 13.2 Å². The summed E-state index contributed by atoms with van der Waals surface area (Å²) in [6, 6.07) is -0.555. The molecule has 0 saturated heterocycles. The van der Waals surface area contributed by atoms with Gasteiger partial charge in [0.2, 0.25) is 5.91 Å². The van der Waals surface area contributed by atoms with Crippen LogP contribution in [0, 0.1) is 0 Å². The van der Waals surface area contributed by atoms with Gasteiger partial charge in [0.05, 0.1) is 25.4 Å². The van der Waals surface area contributed by atoms with E-state index < -0.39 is 12.1 Å². The van der Waals surface area contributed by atoms with Gasteiger partial charge in [0, 0.05) is 12.8 Å². The lowest BCUT2D eigenvalue weighted by atomic mass is 10.0. The summed E-state index contributed by atoms with van der Waals surface area (Å²) in [6.07, 6.45) is 61.5. The van der Waals surface area contributed by atoms with E-state index in [9.17, 15) is 19.8 Å². The van der Waals surface area contributed by atoms with Crippen molar-refractivity contribution in [3.05, 3.63) is 24.3 Å². The first-order valence-corrected chi connectivity index (χ1v) is 27.6. The molecule has 0 heterocycles. The summed E-state index contributed by atoms with van der Waals surface area (Å²) in [5.74, 6) is -0.0700. The fraction of sp³-hybridized carbons (Fsp3) is 0.893. The van der Waals surface area contributed by atoms with Crippen LogP contribution in [0.2, 0.25) is 0 Å². The number of ether oxygens (including phenoxy) is 1. The van der Waals surface area contributed by atoms with E-state index >= 15 is 0 Å². The monoisotopic (exact) mass is 874 g/mol. The zero-order valence-electron chi connectivity index (χ0n) is 41.6. The molecule has 0 rings (SSSR count). The number of esters is 1. The molecule has 0 radical (unpaired) electrons. The first-order valence-electron chi connectivity index (χ1n) is 27.6. The summed E-state index contributed by atoms with van der Waals surface area (Å²) >= 11 is 0. The van der Waals surface area contributed by atoms with Gasteiger partial charge >= 0.3 is 5.97 Å². The van der Waals surface area contributed by atoms with E-state index in [0.29, 0.717) is 25.9 Å². The Bertz CT molecular complexity index is 966. The molecule has 0 aromatic carbocycles. The highest BCUT2D eigenvalue weighted by atomic mass is 16.5. The molecule has 0 saturated carbocycles. The van der Waals surface area contributed by atoms with Gasteiger partial charge in [-0.1, -0.05) is 250 Å². The van der Waals surface area contributed by atoms with Crippen LogP contribution in [0.4, 0.5) is 0 Å². The molecule has 6 nitrogen and oxygen atoms in total. The van der Waals surface area contributed by atoms with Crippen LogP contribution in [0.1, 0.15) is 296 Å². The van der Waals surface area contributed by atoms with Gasteiger partial charge in [-0.25, -0.2) is 0 Å². The average Bonchev–Trinajstić information content (AvgIpc) is 3.27. The van der Waals surface area contributed by atoms with Crippen molar-refractivity contribution in [1.82, 2.24) is 5.32 Å². The number of allylic oxidation sites excluding steroid dienone is 4. The maximum Gasteiger partial charge on any atom is 0.305 e. The predicted molar refractivity (Wildman–Crippen MR) is 269 cm³/mol. The molecule has 2 atom stereocenters. The Labute approximate surface area is 386 Å². The Morgan fingerprint density at radius 3 is 1.26 bits per heavy atom. The van der Waals surface area contributed by atoms with Gasteiger partial charge in [0.1, 0.15) is 0 Å². The van der Waals surface area contributed by atoms with E-state index in [1.807, 2.05) is 0 Å². The standard InChI is InChI=1S/C56H107NO5/c1-3-5-7-9-11-13-15-17-19-20-21-22-24-26-30-34-38-42-46-50-56(61)62-51-47-43-39-35-31-27-29-33-37-41-45-49-55(60)57-53(52-58)54(59)48-44-40-36-32-28-25-23-18-16-14-12-10-8-6-4-2/h11,13,17,19,53-54,58-59H,3-10,12,14-16,18,20-52H2,1-2H3,(H,57,60)/b13-11-,19-17-. The first kappa shape index (κ1) is 60.3. The molecule has 0 aromatic rings. The molecule has 0 aliphatic heterocycles. The Balaban J connectivity index is 3.45. The highest BCUT2D eigenvalue weighted by Crippen LogP contribution is 2.17. The number of rotatable bonds is 51. The quantitative estimate of drug-likeness (QED) is 0.0321. The average molecular weight is 874 g/mol. The maximum absolute atomic E-state index is 12.5. The molecule has 3 N–H and O–H groups in total. The number of amides is 1. The molecule has 6 heteroatoms. The number of hydrogen-bond donors (Lipinski definition) is 3. The summed E-state index contributed by atoms with van der Waals surface area (Å²) in [6.45, 7) is 4.89. The van der Waals surface area contributed by atoms with Crippen LogP contribution in [0.5, 0.6) is 0 Å². The molecule has 366 valence electrons. The van der Waals surface area contributed by atoms with Crippen molar-refractivity contribution in [1.29, 1.82) is 0 Å². The van der Waals surface area contributed by atoms with Gasteiger partial charge < -0.3 is 20.3 Å². The van der Waals surface area contributed by atoms with Gasteiger partial charge in [-0.3, -0.25) is 9.59 Å². The molecule has 62 heavy (non-hydrogen) atoms. The van der Waals surface area contributed by atoms with Crippen LogP contribution in [-0.4, -0.2) is 47.4 Å². The summed E-state index contributed by atoms with van der Waals surface area (Å²) in [4.78, 5) is 24.5. The van der Waals surface area contributed by atoms with Crippen molar-refractivity contribution >= 4 is 11.9 Å². The summed E-state index contributed by atoms with van der Waals surface area (Å²) in [5, 5.41) is 23.2. The molecule has 0 fully saturated rings. The second-order valence-corrected chi connectivity index (χ2v) is 18.9. The highest BCUT2D eigenvalue weighted by Gasteiger charge is 2.20. The van der Waals surface area contributed by atoms with Crippen LogP contribution in [-0.2, 0) is 14.3 Å². The fourth-order valence-electron chi connectivity index (χ4n) is 8.49. The van der Waals surface area contributed by atoms with E-state index in [-0.39, 0.29) is 18.5 Å².